The van der Waals surface area contributed by atoms with Crippen LogP contribution in [0.1, 0.15) is 33.3 Å². The summed E-state index contributed by atoms with van der Waals surface area (Å²) in [6.07, 6.45) is 4.60. The van der Waals surface area contributed by atoms with Gasteiger partial charge in [-0.1, -0.05) is 26.8 Å². The molecule has 1 aromatic carbocycles. The first kappa shape index (κ1) is 21.3. The largest absolute Gasteiger partial charge is 0.497 e. The molecule has 1 atom stereocenters. The predicted molar refractivity (Wildman–Crippen MR) is 107 cm³/mol. The number of nitrogens with zero attached hydrogens (tertiary/aromatic N) is 1. The molecule has 150 valence electrons. The molecule has 0 saturated carbocycles. The van der Waals surface area contributed by atoms with Crippen LogP contribution in [0, 0.1) is 5.41 Å². The zero-order valence-electron chi connectivity index (χ0n) is 17.2. The minimum Gasteiger partial charge on any atom is -0.497 e. The number of hydrogen-bond acceptors (Lipinski definition) is 6. The van der Waals surface area contributed by atoms with Gasteiger partial charge < -0.3 is 18.9 Å². The van der Waals surface area contributed by atoms with Gasteiger partial charge in [-0.25, -0.2) is 0 Å². The second-order valence-electron chi connectivity index (χ2n) is 7.31. The van der Waals surface area contributed by atoms with Gasteiger partial charge in [-0.15, -0.1) is 0 Å². The van der Waals surface area contributed by atoms with Crippen LogP contribution in [0.5, 0.6) is 17.2 Å². The second-order valence-corrected chi connectivity index (χ2v) is 7.31. The Hall–Kier alpha value is -3.02. The van der Waals surface area contributed by atoms with Crippen molar-refractivity contribution < 1.29 is 23.7 Å². The highest BCUT2D eigenvalue weighted by Crippen LogP contribution is 2.36. The first-order valence-electron chi connectivity index (χ1n) is 8.93. The SMILES string of the molecule is COc1ccc(O/C(=C/c2cccnc2)C(OC(C)=O)C(C)(C)C)c(OC)c1. The normalized spacial score (nSPS) is 12.9. The average molecular weight is 385 g/mol. The Balaban J connectivity index is 2.52. The summed E-state index contributed by atoms with van der Waals surface area (Å²) in [5.41, 5.74) is 0.422. The lowest BCUT2D eigenvalue weighted by atomic mass is 9.87. The van der Waals surface area contributed by atoms with Crippen molar-refractivity contribution in [2.45, 2.75) is 33.8 Å². The quantitative estimate of drug-likeness (QED) is 0.516. The Labute approximate surface area is 166 Å². The molecular formula is C22H27NO5. The molecule has 0 aliphatic rings. The van der Waals surface area contributed by atoms with Gasteiger partial charge in [-0.2, -0.15) is 0 Å². The van der Waals surface area contributed by atoms with E-state index in [2.05, 4.69) is 4.98 Å². The van der Waals surface area contributed by atoms with Crippen LogP contribution in [0.15, 0.2) is 48.5 Å². The molecule has 0 spiro atoms. The number of benzene rings is 1. The van der Waals surface area contributed by atoms with Crippen molar-refractivity contribution in [2.24, 2.45) is 5.41 Å². The van der Waals surface area contributed by atoms with Crippen molar-refractivity contribution in [2.75, 3.05) is 14.2 Å². The Bertz CT molecular complexity index is 825. The van der Waals surface area contributed by atoms with E-state index in [-0.39, 0.29) is 5.97 Å². The summed E-state index contributed by atoms with van der Waals surface area (Å²) in [4.78, 5) is 15.9. The van der Waals surface area contributed by atoms with Gasteiger partial charge in [0.15, 0.2) is 17.6 Å². The van der Waals surface area contributed by atoms with E-state index in [1.54, 1.807) is 44.8 Å². The molecule has 6 heteroatoms. The summed E-state index contributed by atoms with van der Waals surface area (Å²) in [6.45, 7) is 7.32. The lowest BCUT2D eigenvalue weighted by Gasteiger charge is -2.31. The number of ether oxygens (including phenoxy) is 4. The molecule has 0 fully saturated rings. The number of pyridine rings is 1. The molecule has 2 rings (SSSR count). The van der Waals surface area contributed by atoms with E-state index in [9.17, 15) is 4.79 Å². The Morgan fingerprint density at radius 3 is 2.39 bits per heavy atom. The lowest BCUT2D eigenvalue weighted by molar-refractivity contribution is -0.150. The maximum Gasteiger partial charge on any atom is 0.303 e. The standard InChI is InChI=1S/C22H27NO5/c1-15(24)27-21(22(2,3)4)20(12-16-8-7-11-23-14-16)28-18-10-9-17(25-5)13-19(18)26-6/h7-14,21H,1-6H3/b20-12+. The predicted octanol–water partition coefficient (Wildman–Crippen LogP) is 4.50. The average Bonchev–Trinajstić information content (AvgIpc) is 2.65. The van der Waals surface area contributed by atoms with Crippen LogP contribution in [0.3, 0.4) is 0 Å². The summed E-state index contributed by atoms with van der Waals surface area (Å²) in [7, 11) is 3.14. The monoisotopic (exact) mass is 385 g/mol. The maximum absolute atomic E-state index is 11.8. The van der Waals surface area contributed by atoms with Crippen molar-refractivity contribution in [3.63, 3.8) is 0 Å². The molecule has 0 bridgehead atoms. The van der Waals surface area contributed by atoms with Gasteiger partial charge in [0.1, 0.15) is 11.5 Å². The zero-order chi connectivity index (χ0) is 20.7. The van der Waals surface area contributed by atoms with Gasteiger partial charge in [0.2, 0.25) is 0 Å². The molecule has 0 amide bonds. The van der Waals surface area contributed by atoms with E-state index in [0.29, 0.717) is 23.0 Å². The summed E-state index contributed by atoms with van der Waals surface area (Å²) in [6, 6.07) is 8.99. The second kappa shape index (κ2) is 9.26. The van der Waals surface area contributed by atoms with Gasteiger partial charge in [0, 0.05) is 30.8 Å². The molecule has 0 radical (unpaired) electrons. The van der Waals surface area contributed by atoms with E-state index >= 15 is 0 Å². The minimum atomic E-state index is -0.614. The van der Waals surface area contributed by atoms with Crippen LogP contribution in [0.2, 0.25) is 0 Å². The van der Waals surface area contributed by atoms with E-state index in [4.69, 9.17) is 18.9 Å². The van der Waals surface area contributed by atoms with Crippen LogP contribution in [-0.2, 0) is 9.53 Å². The lowest BCUT2D eigenvalue weighted by Crippen LogP contribution is -2.34. The molecule has 0 saturated heterocycles. The van der Waals surface area contributed by atoms with Crippen molar-refractivity contribution in [3.8, 4) is 17.2 Å². The highest BCUT2D eigenvalue weighted by molar-refractivity contribution is 5.67. The first-order chi connectivity index (χ1) is 13.2. The van der Waals surface area contributed by atoms with Crippen LogP contribution in [0.4, 0.5) is 0 Å². The summed E-state index contributed by atoms with van der Waals surface area (Å²) >= 11 is 0. The number of esters is 1. The van der Waals surface area contributed by atoms with Gasteiger partial charge in [-0.3, -0.25) is 9.78 Å². The van der Waals surface area contributed by atoms with Crippen molar-refractivity contribution in [1.82, 2.24) is 4.98 Å². The van der Waals surface area contributed by atoms with Crippen LogP contribution in [0.25, 0.3) is 6.08 Å². The van der Waals surface area contributed by atoms with Gasteiger partial charge in [-0.05, 0) is 29.8 Å². The molecule has 6 nitrogen and oxygen atoms in total. The molecule has 0 aliphatic heterocycles. The highest BCUT2D eigenvalue weighted by Gasteiger charge is 2.33. The summed E-state index contributed by atoms with van der Waals surface area (Å²) < 4.78 is 22.5. The van der Waals surface area contributed by atoms with Gasteiger partial charge >= 0.3 is 5.97 Å². The van der Waals surface area contributed by atoms with Crippen molar-refractivity contribution in [3.05, 3.63) is 54.0 Å². The topological polar surface area (TPSA) is 66.9 Å². The first-order valence-corrected chi connectivity index (χ1v) is 8.93. The molecule has 2 aromatic rings. The molecule has 1 aromatic heterocycles. The number of hydrogen-bond donors (Lipinski definition) is 0. The highest BCUT2D eigenvalue weighted by atomic mass is 16.6. The molecule has 0 aliphatic carbocycles. The van der Waals surface area contributed by atoms with E-state index in [0.717, 1.165) is 5.56 Å². The summed E-state index contributed by atoms with van der Waals surface area (Å²) in [5.74, 6) is 1.72. The van der Waals surface area contributed by atoms with E-state index in [1.165, 1.54) is 6.92 Å². The van der Waals surface area contributed by atoms with Crippen LogP contribution < -0.4 is 14.2 Å². The molecule has 0 N–H and O–H groups in total. The number of carbonyl (C=O) groups is 1. The smallest absolute Gasteiger partial charge is 0.303 e. The molecular weight excluding hydrogens is 358 g/mol. The number of methoxy groups -OCH3 is 2. The fourth-order valence-electron chi connectivity index (χ4n) is 2.60. The Morgan fingerprint density at radius 2 is 1.86 bits per heavy atom. The van der Waals surface area contributed by atoms with Gasteiger partial charge in [0.25, 0.3) is 0 Å². The number of carbonyl (C=O) groups excluding carboxylic acids is 1. The summed E-state index contributed by atoms with van der Waals surface area (Å²) in [5, 5.41) is 0. The van der Waals surface area contributed by atoms with Crippen molar-refractivity contribution in [1.29, 1.82) is 0 Å². The number of rotatable bonds is 7. The van der Waals surface area contributed by atoms with Crippen LogP contribution >= 0.6 is 0 Å². The zero-order valence-corrected chi connectivity index (χ0v) is 17.2. The minimum absolute atomic E-state index is 0.387. The number of aromatic nitrogens is 1. The fourth-order valence-corrected chi connectivity index (χ4v) is 2.60. The van der Waals surface area contributed by atoms with Gasteiger partial charge in [0.05, 0.1) is 14.2 Å². The fraction of sp³-hybridized carbons (Fsp3) is 0.364. The van der Waals surface area contributed by atoms with Crippen LogP contribution in [-0.4, -0.2) is 31.3 Å². The maximum atomic E-state index is 11.8. The third-order valence-electron chi connectivity index (χ3n) is 3.92. The third kappa shape index (κ3) is 5.74. The van der Waals surface area contributed by atoms with E-state index < -0.39 is 11.5 Å². The third-order valence-corrected chi connectivity index (χ3v) is 3.92. The Kier molecular flexibility index (Phi) is 7.04. The van der Waals surface area contributed by atoms with E-state index in [1.807, 2.05) is 39.0 Å². The molecule has 1 unspecified atom stereocenters. The van der Waals surface area contributed by atoms with Crippen molar-refractivity contribution >= 4 is 12.0 Å². The molecule has 28 heavy (non-hydrogen) atoms. The molecule has 1 heterocycles. The Morgan fingerprint density at radius 1 is 1.11 bits per heavy atom.